The zero-order chi connectivity index (χ0) is 34.1. The summed E-state index contributed by atoms with van der Waals surface area (Å²) in [5.74, 6) is 2.30. The van der Waals surface area contributed by atoms with Gasteiger partial charge in [0.25, 0.3) is 0 Å². The van der Waals surface area contributed by atoms with Gasteiger partial charge in [-0.05, 0) is 107 Å². The number of ketones is 1. The molecule has 8 rings (SSSR count). The van der Waals surface area contributed by atoms with Crippen molar-refractivity contribution in [1.82, 2.24) is 9.55 Å². The van der Waals surface area contributed by atoms with Gasteiger partial charge in [-0.2, -0.15) is 0 Å². The quantitative estimate of drug-likeness (QED) is 0.179. The summed E-state index contributed by atoms with van der Waals surface area (Å²) in [4.78, 5) is 20.8. The lowest BCUT2D eigenvalue weighted by atomic mass is 9.85. The summed E-state index contributed by atoms with van der Waals surface area (Å²) in [5.41, 5.74) is 8.85. The van der Waals surface area contributed by atoms with Crippen LogP contribution in [0.1, 0.15) is 68.6 Å². The molecule has 49 heavy (non-hydrogen) atoms. The number of hydrogen-bond donors (Lipinski definition) is 0. The summed E-state index contributed by atoms with van der Waals surface area (Å²) in [6, 6.07) is 41.1. The zero-order valence-electron chi connectivity index (χ0n) is 28.8. The lowest BCUT2D eigenvalue weighted by Gasteiger charge is -2.32. The number of benzene rings is 5. The molecule has 1 aliphatic rings. The lowest BCUT2D eigenvalue weighted by molar-refractivity contribution is 0.103. The molecule has 5 heteroatoms. The van der Waals surface area contributed by atoms with Crippen LogP contribution in [0, 0.1) is 0 Å². The van der Waals surface area contributed by atoms with Gasteiger partial charge in [0.2, 0.25) is 0 Å². The van der Waals surface area contributed by atoms with Gasteiger partial charge < -0.3 is 9.64 Å². The Morgan fingerprint density at radius 3 is 1.59 bits per heavy atom. The number of fused-ring (bicyclic) bond motifs is 5. The second kappa shape index (κ2) is 11.2. The molecule has 0 amide bonds. The van der Waals surface area contributed by atoms with Gasteiger partial charge in [0.15, 0.2) is 17.3 Å². The van der Waals surface area contributed by atoms with Crippen molar-refractivity contribution in [3.05, 3.63) is 150 Å². The van der Waals surface area contributed by atoms with Crippen molar-refractivity contribution in [2.45, 2.75) is 52.4 Å². The Labute approximate surface area is 287 Å². The van der Waals surface area contributed by atoms with Crippen LogP contribution >= 0.6 is 0 Å². The largest absolute Gasteiger partial charge is 0.453 e. The van der Waals surface area contributed by atoms with Crippen LogP contribution in [0.3, 0.4) is 0 Å². The molecule has 0 bridgehead atoms. The highest BCUT2D eigenvalue weighted by atomic mass is 16.5. The standard InChI is InChI=1S/C44H39N3O2/c1-43(2,3)30-18-22-35-33(25-30)34-26-31(44(4,5)6)19-23-36(34)47(35)41-24-17-29(27-45-41)42(48)28-15-20-32(21-16-28)46-37-11-7-9-13-39(37)49-40-14-10-8-12-38(40)46/h7-27H,1-6H3. The van der Waals surface area contributed by atoms with Crippen molar-refractivity contribution in [2.24, 2.45) is 0 Å². The third kappa shape index (κ3) is 5.26. The first-order valence-corrected chi connectivity index (χ1v) is 16.8. The Morgan fingerprint density at radius 2 is 1.10 bits per heavy atom. The summed E-state index contributed by atoms with van der Waals surface area (Å²) in [6.07, 6.45) is 1.70. The molecule has 0 saturated heterocycles. The molecule has 0 saturated carbocycles. The first kappa shape index (κ1) is 30.6. The Bertz CT molecular complexity index is 2270. The van der Waals surface area contributed by atoms with Crippen LogP contribution in [0.25, 0.3) is 27.6 Å². The molecule has 0 N–H and O–H groups in total. The van der Waals surface area contributed by atoms with Gasteiger partial charge in [-0.15, -0.1) is 0 Å². The molecule has 5 aromatic carbocycles. The van der Waals surface area contributed by atoms with Crippen molar-refractivity contribution in [3.63, 3.8) is 0 Å². The highest BCUT2D eigenvalue weighted by Gasteiger charge is 2.26. The minimum atomic E-state index is -0.0692. The van der Waals surface area contributed by atoms with Crippen molar-refractivity contribution >= 4 is 44.7 Å². The maximum atomic E-state index is 13.7. The molecule has 0 atom stereocenters. The third-order valence-electron chi connectivity index (χ3n) is 9.56. The van der Waals surface area contributed by atoms with Gasteiger partial charge >= 0.3 is 0 Å². The Kier molecular flexibility index (Phi) is 7.00. The van der Waals surface area contributed by atoms with Crippen molar-refractivity contribution in [1.29, 1.82) is 0 Å². The second-order valence-electron chi connectivity index (χ2n) is 15.0. The molecule has 5 nitrogen and oxygen atoms in total. The van der Waals surface area contributed by atoms with E-state index in [2.05, 4.69) is 87.4 Å². The highest BCUT2D eigenvalue weighted by Crippen LogP contribution is 2.50. The zero-order valence-corrected chi connectivity index (χ0v) is 28.8. The average molecular weight is 642 g/mol. The van der Waals surface area contributed by atoms with E-state index in [0.717, 1.165) is 45.4 Å². The van der Waals surface area contributed by atoms with Crippen molar-refractivity contribution in [2.75, 3.05) is 4.90 Å². The first-order chi connectivity index (χ1) is 23.5. The van der Waals surface area contributed by atoms with E-state index in [4.69, 9.17) is 9.72 Å². The summed E-state index contributed by atoms with van der Waals surface area (Å²) in [7, 11) is 0. The first-order valence-electron chi connectivity index (χ1n) is 16.8. The number of rotatable bonds is 4. The number of ether oxygens (including phenoxy) is 1. The molecule has 0 spiro atoms. The molecule has 3 heterocycles. The van der Waals surface area contributed by atoms with E-state index < -0.39 is 0 Å². The van der Waals surface area contributed by atoms with Crippen LogP contribution in [-0.2, 0) is 10.8 Å². The number of para-hydroxylation sites is 4. The van der Waals surface area contributed by atoms with Gasteiger partial charge in [0.05, 0.1) is 22.4 Å². The number of aromatic nitrogens is 2. The number of carbonyl (C=O) groups is 1. The number of pyridine rings is 1. The summed E-state index contributed by atoms with van der Waals surface area (Å²) in [5, 5.41) is 2.42. The Morgan fingerprint density at radius 1 is 0.592 bits per heavy atom. The second-order valence-corrected chi connectivity index (χ2v) is 15.0. The van der Waals surface area contributed by atoms with Crippen LogP contribution in [-0.4, -0.2) is 15.3 Å². The van der Waals surface area contributed by atoms with Crippen LogP contribution in [0.15, 0.2) is 128 Å². The molecule has 0 fully saturated rings. The van der Waals surface area contributed by atoms with E-state index in [1.165, 1.54) is 21.9 Å². The number of nitrogens with zero attached hydrogens (tertiary/aromatic N) is 3. The maximum Gasteiger partial charge on any atom is 0.194 e. The monoisotopic (exact) mass is 641 g/mol. The minimum absolute atomic E-state index is 0.0277. The van der Waals surface area contributed by atoms with E-state index in [-0.39, 0.29) is 16.6 Å². The van der Waals surface area contributed by atoms with E-state index in [1.807, 2.05) is 84.9 Å². The molecule has 0 radical (unpaired) electrons. The van der Waals surface area contributed by atoms with Crippen LogP contribution in [0.5, 0.6) is 11.5 Å². The van der Waals surface area contributed by atoms with E-state index in [0.29, 0.717) is 11.1 Å². The molecular weight excluding hydrogens is 603 g/mol. The number of carbonyl (C=O) groups excluding carboxylic acids is 1. The fourth-order valence-corrected chi connectivity index (χ4v) is 6.77. The predicted molar refractivity (Wildman–Crippen MR) is 201 cm³/mol. The maximum absolute atomic E-state index is 13.7. The summed E-state index contributed by atoms with van der Waals surface area (Å²) < 4.78 is 8.38. The van der Waals surface area contributed by atoms with Crippen LogP contribution in [0.4, 0.5) is 17.1 Å². The van der Waals surface area contributed by atoms with Crippen LogP contribution in [0.2, 0.25) is 0 Å². The number of hydrogen-bond acceptors (Lipinski definition) is 4. The lowest BCUT2D eigenvalue weighted by Crippen LogP contribution is -2.15. The normalized spacial score (nSPS) is 12.9. The SMILES string of the molecule is CC(C)(C)c1ccc2c(c1)c1cc(C(C)(C)C)ccc1n2-c1ccc(C(=O)c2ccc(N3c4ccccc4Oc4ccccc43)cc2)cn1. The summed E-state index contributed by atoms with van der Waals surface area (Å²) >= 11 is 0. The highest BCUT2D eigenvalue weighted by molar-refractivity contribution is 6.11. The van der Waals surface area contributed by atoms with Crippen LogP contribution < -0.4 is 9.64 Å². The van der Waals surface area contributed by atoms with Gasteiger partial charge in [-0.3, -0.25) is 9.36 Å². The minimum Gasteiger partial charge on any atom is -0.453 e. The molecule has 0 aliphatic carbocycles. The van der Waals surface area contributed by atoms with Gasteiger partial charge in [-0.25, -0.2) is 4.98 Å². The fraction of sp³-hybridized carbons (Fsp3) is 0.182. The fourth-order valence-electron chi connectivity index (χ4n) is 6.77. The molecule has 1 aliphatic heterocycles. The van der Waals surface area contributed by atoms with Crippen molar-refractivity contribution in [3.8, 4) is 17.3 Å². The third-order valence-corrected chi connectivity index (χ3v) is 9.56. The van der Waals surface area contributed by atoms with E-state index in [9.17, 15) is 4.79 Å². The van der Waals surface area contributed by atoms with E-state index in [1.54, 1.807) is 6.20 Å². The van der Waals surface area contributed by atoms with Gasteiger partial charge in [0, 0.05) is 33.8 Å². The average Bonchev–Trinajstić information content (AvgIpc) is 3.43. The molecule has 2 aromatic heterocycles. The molecule has 242 valence electrons. The smallest absolute Gasteiger partial charge is 0.194 e. The topological polar surface area (TPSA) is 47.4 Å². The Balaban J connectivity index is 1.14. The number of anilines is 3. The molecular formula is C44H39N3O2. The van der Waals surface area contributed by atoms with Gasteiger partial charge in [-0.1, -0.05) is 77.9 Å². The Hall–Kier alpha value is -5.68. The molecule has 7 aromatic rings. The van der Waals surface area contributed by atoms with Crippen molar-refractivity contribution < 1.29 is 9.53 Å². The molecule has 0 unspecified atom stereocenters. The van der Waals surface area contributed by atoms with E-state index >= 15 is 0 Å². The predicted octanol–water partition coefficient (Wildman–Crippen LogP) is 11.6. The van der Waals surface area contributed by atoms with Gasteiger partial charge in [0.1, 0.15) is 5.82 Å². The summed E-state index contributed by atoms with van der Waals surface area (Å²) in [6.45, 7) is 13.5.